The molecule has 0 aromatic heterocycles. The molecule has 4 unspecified atom stereocenters. The zero-order valence-corrected chi connectivity index (χ0v) is 14.1. The van der Waals surface area contributed by atoms with Crippen LogP contribution in [0.5, 0.6) is 0 Å². The van der Waals surface area contributed by atoms with Gasteiger partial charge in [0.2, 0.25) is 0 Å². The van der Waals surface area contributed by atoms with Gasteiger partial charge in [-0.15, -0.1) is 0 Å². The first-order chi connectivity index (χ1) is 8.72. The van der Waals surface area contributed by atoms with E-state index >= 15 is 0 Å². The summed E-state index contributed by atoms with van der Waals surface area (Å²) in [5.74, 6) is 2.22. The van der Waals surface area contributed by atoms with Crippen LogP contribution in [0.3, 0.4) is 0 Å². The van der Waals surface area contributed by atoms with Gasteiger partial charge in [0.25, 0.3) is 0 Å². The minimum Gasteiger partial charge on any atom is -0.396 e. The number of rotatable bonds is 10. The Bertz CT molecular complexity index is 225. The zero-order valence-electron chi connectivity index (χ0n) is 14.1. The van der Waals surface area contributed by atoms with Gasteiger partial charge in [-0.05, 0) is 36.5 Å². The molecule has 0 fully saturated rings. The van der Waals surface area contributed by atoms with E-state index in [0.29, 0.717) is 23.7 Å². The Morgan fingerprint density at radius 3 is 2.05 bits per heavy atom. The molecule has 0 rings (SSSR count). The summed E-state index contributed by atoms with van der Waals surface area (Å²) in [6.07, 6.45) is 5.79. The fraction of sp³-hybridized carbons (Fsp3) is 1.00. The predicted molar refractivity (Wildman–Crippen MR) is 86.6 cm³/mol. The van der Waals surface area contributed by atoms with Gasteiger partial charge in [0.15, 0.2) is 0 Å². The first-order valence-electron chi connectivity index (χ1n) is 8.12. The Kier molecular flexibility index (Phi) is 9.06. The summed E-state index contributed by atoms with van der Waals surface area (Å²) in [6.45, 7) is 13.7. The maximum atomic E-state index is 9.31. The largest absolute Gasteiger partial charge is 0.396 e. The molecular formula is C17H35BO. The van der Waals surface area contributed by atoms with Gasteiger partial charge in [-0.2, -0.15) is 0 Å². The van der Waals surface area contributed by atoms with Gasteiger partial charge in [0.1, 0.15) is 0 Å². The van der Waals surface area contributed by atoms with Crippen LogP contribution in [0.15, 0.2) is 0 Å². The van der Waals surface area contributed by atoms with E-state index in [9.17, 15) is 5.11 Å². The van der Waals surface area contributed by atoms with Crippen molar-refractivity contribution in [2.24, 2.45) is 23.7 Å². The molecule has 2 heteroatoms. The average Bonchev–Trinajstić information content (AvgIpc) is 2.26. The molecule has 0 spiro atoms. The third kappa shape index (κ3) is 8.02. The molecule has 19 heavy (non-hydrogen) atoms. The fourth-order valence-corrected chi connectivity index (χ4v) is 3.28. The summed E-state index contributed by atoms with van der Waals surface area (Å²) >= 11 is 0. The molecule has 0 aromatic carbocycles. The van der Waals surface area contributed by atoms with Crippen molar-refractivity contribution in [1.82, 2.24) is 0 Å². The number of hydrogen-bond acceptors (Lipinski definition) is 1. The first kappa shape index (κ1) is 19.0. The smallest absolute Gasteiger partial charge is 0.0746 e. The van der Waals surface area contributed by atoms with Crippen molar-refractivity contribution >= 4 is 7.85 Å². The zero-order chi connectivity index (χ0) is 15.1. The van der Waals surface area contributed by atoms with Crippen LogP contribution in [0.1, 0.15) is 73.6 Å². The Hall–Kier alpha value is 0.0249. The average molecular weight is 266 g/mol. The molecule has 0 amide bonds. The van der Waals surface area contributed by atoms with Crippen LogP contribution in [-0.2, 0) is 0 Å². The van der Waals surface area contributed by atoms with Crippen LogP contribution in [-0.4, -0.2) is 19.6 Å². The van der Waals surface area contributed by atoms with Crippen molar-refractivity contribution in [3.05, 3.63) is 0 Å². The second-order valence-electron chi connectivity index (χ2n) is 7.45. The molecule has 0 saturated heterocycles. The predicted octanol–water partition coefficient (Wildman–Crippen LogP) is 4.84. The van der Waals surface area contributed by atoms with Crippen LogP contribution in [0.25, 0.3) is 0 Å². The number of hydrogen-bond donors (Lipinski definition) is 1. The van der Waals surface area contributed by atoms with Gasteiger partial charge in [0, 0.05) is 6.61 Å². The molecule has 0 aromatic rings. The lowest BCUT2D eigenvalue weighted by Crippen LogP contribution is -2.27. The van der Waals surface area contributed by atoms with Crippen molar-refractivity contribution < 1.29 is 5.11 Å². The van der Waals surface area contributed by atoms with E-state index in [0.717, 1.165) is 19.3 Å². The van der Waals surface area contributed by atoms with Crippen molar-refractivity contribution in [3.63, 3.8) is 0 Å². The second kappa shape index (κ2) is 9.05. The standard InChI is InChI=1S/C17H35BO/c1-7-8-14(4)11-17(6,18)16(9-13(2)3)10-15(5)12-19/h13-16,19H,7-12H2,1-6H3. The topological polar surface area (TPSA) is 20.2 Å². The minimum atomic E-state index is -0.109. The van der Waals surface area contributed by atoms with Gasteiger partial charge in [-0.25, -0.2) is 0 Å². The van der Waals surface area contributed by atoms with E-state index in [1.165, 1.54) is 12.8 Å². The van der Waals surface area contributed by atoms with E-state index in [1.807, 2.05) is 0 Å². The molecule has 0 saturated carbocycles. The molecule has 1 N–H and O–H groups in total. The molecule has 2 radical (unpaired) electrons. The summed E-state index contributed by atoms with van der Waals surface area (Å²) in [4.78, 5) is 0. The van der Waals surface area contributed by atoms with Gasteiger partial charge in [-0.1, -0.05) is 66.1 Å². The molecule has 0 aliphatic carbocycles. The molecule has 112 valence electrons. The fourth-order valence-electron chi connectivity index (χ4n) is 3.28. The monoisotopic (exact) mass is 266 g/mol. The van der Waals surface area contributed by atoms with Crippen molar-refractivity contribution in [2.45, 2.75) is 79.0 Å². The van der Waals surface area contributed by atoms with Crippen LogP contribution in [0, 0.1) is 23.7 Å². The first-order valence-corrected chi connectivity index (χ1v) is 8.12. The molecule has 0 aliphatic rings. The second-order valence-corrected chi connectivity index (χ2v) is 7.45. The normalized spacial score (nSPS) is 20.0. The van der Waals surface area contributed by atoms with E-state index in [1.54, 1.807) is 0 Å². The Balaban J connectivity index is 4.68. The van der Waals surface area contributed by atoms with Crippen LogP contribution >= 0.6 is 0 Å². The van der Waals surface area contributed by atoms with E-state index < -0.39 is 0 Å². The molecule has 0 bridgehead atoms. The summed E-state index contributed by atoms with van der Waals surface area (Å²) in [6, 6.07) is 0. The van der Waals surface area contributed by atoms with E-state index in [4.69, 9.17) is 7.85 Å². The maximum absolute atomic E-state index is 9.31. The van der Waals surface area contributed by atoms with Crippen molar-refractivity contribution in [3.8, 4) is 0 Å². The van der Waals surface area contributed by atoms with Crippen LogP contribution in [0.4, 0.5) is 0 Å². The number of aliphatic hydroxyl groups is 1. The summed E-state index contributed by atoms with van der Waals surface area (Å²) in [5, 5.41) is 9.20. The summed E-state index contributed by atoms with van der Waals surface area (Å²) in [7, 11) is 6.66. The lowest BCUT2D eigenvalue weighted by Gasteiger charge is -2.39. The van der Waals surface area contributed by atoms with E-state index in [2.05, 4.69) is 41.5 Å². The van der Waals surface area contributed by atoms with E-state index in [-0.39, 0.29) is 11.9 Å². The Labute approximate surface area is 123 Å². The molecule has 0 aliphatic heterocycles. The SMILES string of the molecule is [B]C(C)(CC(C)CCC)C(CC(C)C)CC(C)CO. The quantitative estimate of drug-likeness (QED) is 0.561. The maximum Gasteiger partial charge on any atom is 0.0746 e. The highest BCUT2D eigenvalue weighted by atomic mass is 16.3. The molecule has 0 heterocycles. The summed E-state index contributed by atoms with van der Waals surface area (Å²) < 4.78 is 0. The molecular weight excluding hydrogens is 231 g/mol. The highest BCUT2D eigenvalue weighted by molar-refractivity contribution is 6.15. The van der Waals surface area contributed by atoms with Gasteiger partial charge < -0.3 is 5.11 Å². The van der Waals surface area contributed by atoms with Gasteiger partial charge in [-0.3, -0.25) is 0 Å². The van der Waals surface area contributed by atoms with Crippen LogP contribution in [0.2, 0.25) is 5.31 Å². The number of aliphatic hydroxyl groups excluding tert-OH is 1. The molecule has 4 atom stereocenters. The van der Waals surface area contributed by atoms with Crippen molar-refractivity contribution in [1.29, 1.82) is 0 Å². The lowest BCUT2D eigenvalue weighted by atomic mass is 9.55. The lowest BCUT2D eigenvalue weighted by molar-refractivity contribution is 0.175. The third-order valence-corrected chi connectivity index (χ3v) is 4.26. The van der Waals surface area contributed by atoms with Crippen molar-refractivity contribution in [2.75, 3.05) is 6.61 Å². The van der Waals surface area contributed by atoms with Gasteiger partial charge in [0.05, 0.1) is 7.85 Å². The van der Waals surface area contributed by atoms with Gasteiger partial charge >= 0.3 is 0 Å². The minimum absolute atomic E-state index is 0.109. The third-order valence-electron chi connectivity index (χ3n) is 4.26. The highest BCUT2D eigenvalue weighted by Gasteiger charge is 2.31. The summed E-state index contributed by atoms with van der Waals surface area (Å²) in [5.41, 5.74) is 0. The Morgan fingerprint density at radius 1 is 1.05 bits per heavy atom. The highest BCUT2D eigenvalue weighted by Crippen LogP contribution is 2.45. The Morgan fingerprint density at radius 2 is 1.63 bits per heavy atom. The van der Waals surface area contributed by atoms with Crippen LogP contribution < -0.4 is 0 Å². The molecule has 1 nitrogen and oxygen atoms in total.